The van der Waals surface area contributed by atoms with Gasteiger partial charge in [-0.15, -0.1) is 0 Å². The summed E-state index contributed by atoms with van der Waals surface area (Å²) in [6.45, 7) is 5.54. The van der Waals surface area contributed by atoms with Crippen molar-refractivity contribution in [1.82, 2.24) is 0 Å². The maximum Gasteiger partial charge on any atom is 0.335 e. The first-order chi connectivity index (χ1) is 10.8. The fourth-order valence-electron chi connectivity index (χ4n) is 2.40. The lowest BCUT2D eigenvalue weighted by Gasteiger charge is -2.24. The van der Waals surface area contributed by atoms with Gasteiger partial charge >= 0.3 is 5.97 Å². The highest BCUT2D eigenvalue weighted by Gasteiger charge is 2.26. The second kappa shape index (κ2) is 6.42. The average molecular weight is 333 g/mol. The normalized spacial score (nSPS) is 11.3. The molecule has 6 heteroatoms. The van der Waals surface area contributed by atoms with Gasteiger partial charge in [0.15, 0.2) is 0 Å². The van der Waals surface area contributed by atoms with E-state index in [2.05, 4.69) is 0 Å². The third-order valence-corrected chi connectivity index (χ3v) is 5.62. The molecule has 1 N–H and O–H groups in total. The SMILES string of the molecule is CCN(c1cccc(C)c1)S(=O)(=O)c1cc(C(=O)O)ccc1C. The van der Waals surface area contributed by atoms with Crippen LogP contribution in [0, 0.1) is 13.8 Å². The van der Waals surface area contributed by atoms with E-state index >= 15 is 0 Å². The number of hydrogen-bond acceptors (Lipinski definition) is 3. The molecule has 0 aliphatic rings. The van der Waals surface area contributed by atoms with E-state index in [0.717, 1.165) is 5.56 Å². The van der Waals surface area contributed by atoms with Crippen molar-refractivity contribution in [2.24, 2.45) is 0 Å². The molecule has 0 aliphatic heterocycles. The summed E-state index contributed by atoms with van der Waals surface area (Å²) in [5.41, 5.74) is 1.98. The monoisotopic (exact) mass is 333 g/mol. The Morgan fingerprint density at radius 1 is 1.13 bits per heavy atom. The minimum Gasteiger partial charge on any atom is -0.478 e. The van der Waals surface area contributed by atoms with Gasteiger partial charge in [-0.3, -0.25) is 4.31 Å². The van der Waals surface area contributed by atoms with Crippen molar-refractivity contribution >= 4 is 21.7 Å². The first kappa shape index (κ1) is 17.0. The molecule has 2 rings (SSSR count). The Morgan fingerprint density at radius 2 is 1.83 bits per heavy atom. The molecule has 0 aromatic heterocycles. The maximum absolute atomic E-state index is 13.0. The lowest BCUT2D eigenvalue weighted by atomic mass is 10.1. The molecular weight excluding hydrogens is 314 g/mol. The number of anilines is 1. The van der Waals surface area contributed by atoms with Crippen molar-refractivity contribution in [2.75, 3.05) is 10.8 Å². The van der Waals surface area contributed by atoms with Crippen LogP contribution >= 0.6 is 0 Å². The molecular formula is C17H19NO4S. The molecule has 5 nitrogen and oxygen atoms in total. The number of rotatable bonds is 5. The summed E-state index contributed by atoms with van der Waals surface area (Å²) in [7, 11) is -3.84. The summed E-state index contributed by atoms with van der Waals surface area (Å²) in [6.07, 6.45) is 0. The number of sulfonamides is 1. The number of hydrogen-bond donors (Lipinski definition) is 1. The highest BCUT2D eigenvalue weighted by molar-refractivity contribution is 7.92. The molecule has 0 saturated heterocycles. The van der Waals surface area contributed by atoms with E-state index in [-0.39, 0.29) is 17.0 Å². The molecule has 0 aliphatic carbocycles. The predicted octanol–water partition coefficient (Wildman–Crippen LogP) is 3.22. The molecule has 23 heavy (non-hydrogen) atoms. The standard InChI is InChI=1S/C17H19NO4S/c1-4-18(15-7-5-6-12(2)10-15)23(21,22)16-11-14(17(19)20)9-8-13(16)3/h5-11H,4H2,1-3H3,(H,19,20). The first-order valence-electron chi connectivity index (χ1n) is 7.20. The second-order valence-electron chi connectivity index (χ2n) is 5.29. The minimum atomic E-state index is -3.84. The van der Waals surface area contributed by atoms with Gasteiger partial charge < -0.3 is 5.11 Å². The maximum atomic E-state index is 13.0. The van der Waals surface area contributed by atoms with Gasteiger partial charge in [0.2, 0.25) is 0 Å². The largest absolute Gasteiger partial charge is 0.478 e. The predicted molar refractivity (Wildman–Crippen MR) is 89.5 cm³/mol. The van der Waals surface area contributed by atoms with Gasteiger partial charge in [-0.2, -0.15) is 0 Å². The zero-order valence-corrected chi connectivity index (χ0v) is 14.1. The van der Waals surface area contributed by atoms with Crippen molar-refractivity contribution in [2.45, 2.75) is 25.7 Å². The van der Waals surface area contributed by atoms with Crippen LogP contribution in [0.1, 0.15) is 28.4 Å². The first-order valence-corrected chi connectivity index (χ1v) is 8.64. The average Bonchev–Trinajstić information content (AvgIpc) is 2.47. The van der Waals surface area contributed by atoms with E-state index in [4.69, 9.17) is 5.11 Å². The van der Waals surface area contributed by atoms with Gasteiger partial charge in [0.25, 0.3) is 10.0 Å². The molecule has 0 atom stereocenters. The van der Waals surface area contributed by atoms with Crippen LogP contribution in [0.25, 0.3) is 0 Å². The summed E-state index contributed by atoms with van der Waals surface area (Å²) in [5.74, 6) is -1.15. The smallest absolute Gasteiger partial charge is 0.335 e. The van der Waals surface area contributed by atoms with Crippen LogP contribution in [0.3, 0.4) is 0 Å². The molecule has 0 bridgehead atoms. The Kier molecular flexibility index (Phi) is 4.75. The molecule has 0 radical (unpaired) electrons. The highest BCUT2D eigenvalue weighted by Crippen LogP contribution is 2.27. The van der Waals surface area contributed by atoms with Gasteiger partial charge in [0, 0.05) is 6.54 Å². The molecule has 2 aromatic carbocycles. The number of carbonyl (C=O) groups is 1. The molecule has 0 heterocycles. The quantitative estimate of drug-likeness (QED) is 0.911. The summed E-state index contributed by atoms with van der Waals surface area (Å²) in [4.78, 5) is 11.2. The van der Waals surface area contributed by atoms with Gasteiger partial charge in [-0.25, -0.2) is 13.2 Å². The van der Waals surface area contributed by atoms with Gasteiger partial charge in [-0.1, -0.05) is 18.2 Å². The van der Waals surface area contributed by atoms with Crippen LogP contribution in [-0.4, -0.2) is 26.0 Å². The Labute approximate surface area is 136 Å². The molecule has 2 aromatic rings. The third kappa shape index (κ3) is 3.37. The van der Waals surface area contributed by atoms with E-state index in [1.165, 1.54) is 22.5 Å². The zero-order valence-electron chi connectivity index (χ0n) is 13.3. The van der Waals surface area contributed by atoms with E-state index in [1.54, 1.807) is 32.0 Å². The fourth-order valence-corrected chi connectivity index (χ4v) is 4.12. The van der Waals surface area contributed by atoms with E-state index in [0.29, 0.717) is 11.3 Å². The van der Waals surface area contributed by atoms with Gasteiger partial charge in [0.05, 0.1) is 16.1 Å². The molecule has 122 valence electrons. The number of nitrogens with zero attached hydrogens (tertiary/aromatic N) is 1. The molecule has 0 fully saturated rings. The van der Waals surface area contributed by atoms with Crippen molar-refractivity contribution in [1.29, 1.82) is 0 Å². The number of benzene rings is 2. The van der Waals surface area contributed by atoms with Crippen molar-refractivity contribution in [3.8, 4) is 0 Å². The fraction of sp³-hybridized carbons (Fsp3) is 0.235. The van der Waals surface area contributed by atoms with E-state index in [9.17, 15) is 13.2 Å². The third-order valence-electron chi connectivity index (χ3n) is 3.58. The van der Waals surface area contributed by atoms with Crippen LogP contribution in [0.15, 0.2) is 47.4 Å². The Bertz CT molecular complexity index is 843. The Hall–Kier alpha value is -2.34. The lowest BCUT2D eigenvalue weighted by molar-refractivity contribution is 0.0696. The molecule has 0 amide bonds. The molecule has 0 spiro atoms. The van der Waals surface area contributed by atoms with Crippen molar-refractivity contribution < 1.29 is 18.3 Å². The van der Waals surface area contributed by atoms with Crippen molar-refractivity contribution in [3.63, 3.8) is 0 Å². The summed E-state index contributed by atoms with van der Waals surface area (Å²) < 4.78 is 27.3. The Balaban J connectivity index is 2.60. The van der Waals surface area contributed by atoms with Crippen LogP contribution in [0.4, 0.5) is 5.69 Å². The molecule has 0 saturated carbocycles. The topological polar surface area (TPSA) is 74.7 Å². The summed E-state index contributed by atoms with van der Waals surface area (Å²) in [6, 6.07) is 11.3. The van der Waals surface area contributed by atoms with Crippen LogP contribution in [0.2, 0.25) is 0 Å². The number of carboxylic acid groups (broad SMARTS) is 1. The minimum absolute atomic E-state index is 0.0146. The van der Waals surface area contributed by atoms with E-state index < -0.39 is 16.0 Å². The van der Waals surface area contributed by atoms with Gasteiger partial charge in [0.1, 0.15) is 0 Å². The number of aryl methyl sites for hydroxylation is 2. The van der Waals surface area contributed by atoms with Crippen LogP contribution in [-0.2, 0) is 10.0 Å². The summed E-state index contributed by atoms with van der Waals surface area (Å²) >= 11 is 0. The van der Waals surface area contributed by atoms with E-state index in [1.807, 2.05) is 13.0 Å². The Morgan fingerprint density at radius 3 is 2.39 bits per heavy atom. The zero-order chi connectivity index (χ0) is 17.2. The number of carboxylic acids is 1. The highest BCUT2D eigenvalue weighted by atomic mass is 32.2. The number of aromatic carboxylic acids is 1. The van der Waals surface area contributed by atoms with Gasteiger partial charge in [-0.05, 0) is 56.2 Å². The van der Waals surface area contributed by atoms with Crippen LogP contribution in [0.5, 0.6) is 0 Å². The lowest BCUT2D eigenvalue weighted by Crippen LogP contribution is -2.31. The van der Waals surface area contributed by atoms with Crippen molar-refractivity contribution in [3.05, 3.63) is 59.2 Å². The molecule has 0 unspecified atom stereocenters. The van der Waals surface area contributed by atoms with Crippen LogP contribution < -0.4 is 4.31 Å². The second-order valence-corrected chi connectivity index (χ2v) is 7.12. The summed E-state index contributed by atoms with van der Waals surface area (Å²) in [5, 5.41) is 9.11.